The van der Waals surface area contributed by atoms with Crippen LogP contribution < -0.4 is 10.2 Å². The molecule has 0 saturated carbocycles. The van der Waals surface area contributed by atoms with Gasteiger partial charge in [-0.15, -0.1) is 10.2 Å². The van der Waals surface area contributed by atoms with E-state index in [-0.39, 0.29) is 5.91 Å². The van der Waals surface area contributed by atoms with E-state index in [9.17, 15) is 4.79 Å². The van der Waals surface area contributed by atoms with Crippen molar-refractivity contribution in [1.29, 1.82) is 0 Å². The summed E-state index contributed by atoms with van der Waals surface area (Å²) in [6.45, 7) is 2.36. The van der Waals surface area contributed by atoms with Gasteiger partial charge in [-0.3, -0.25) is 4.79 Å². The normalized spacial score (nSPS) is 11.9. The third kappa shape index (κ3) is 4.67. The first-order chi connectivity index (χ1) is 13.5. The first-order valence-electron chi connectivity index (χ1n) is 9.07. The van der Waals surface area contributed by atoms with Gasteiger partial charge < -0.3 is 10.2 Å². The summed E-state index contributed by atoms with van der Waals surface area (Å²) in [5.74, 6) is 0.319. The monoisotopic (exact) mass is 398 g/mol. The van der Waals surface area contributed by atoms with Gasteiger partial charge in [0.25, 0.3) is 0 Å². The van der Waals surface area contributed by atoms with E-state index in [0.717, 1.165) is 16.8 Å². The number of nitrogens with zero attached hydrogens (tertiary/aromatic N) is 5. The lowest BCUT2D eigenvalue weighted by Crippen LogP contribution is -2.33. The third-order valence-corrected chi connectivity index (χ3v) is 4.64. The van der Waals surface area contributed by atoms with Crippen molar-refractivity contribution in [2.45, 2.75) is 25.9 Å². The maximum atomic E-state index is 12.7. The van der Waals surface area contributed by atoms with Crippen LogP contribution in [0, 0.1) is 0 Å². The van der Waals surface area contributed by atoms with Crippen LogP contribution in [0.4, 0.5) is 5.69 Å². The average Bonchev–Trinajstić information content (AvgIpc) is 3.17. The van der Waals surface area contributed by atoms with Crippen molar-refractivity contribution in [3.63, 3.8) is 0 Å². The summed E-state index contributed by atoms with van der Waals surface area (Å²) >= 11 is 5.91. The maximum absolute atomic E-state index is 12.7. The van der Waals surface area contributed by atoms with Gasteiger partial charge in [0.2, 0.25) is 11.7 Å². The van der Waals surface area contributed by atoms with Crippen LogP contribution in [0.15, 0.2) is 48.5 Å². The van der Waals surface area contributed by atoms with E-state index in [0.29, 0.717) is 23.8 Å². The van der Waals surface area contributed by atoms with Crippen LogP contribution in [-0.4, -0.2) is 40.2 Å². The van der Waals surface area contributed by atoms with E-state index in [4.69, 9.17) is 11.6 Å². The van der Waals surface area contributed by atoms with Crippen LogP contribution in [0.1, 0.15) is 24.9 Å². The molecule has 0 aliphatic carbocycles. The van der Waals surface area contributed by atoms with Crippen LogP contribution in [0.2, 0.25) is 5.02 Å². The number of benzene rings is 2. The van der Waals surface area contributed by atoms with Crippen LogP contribution >= 0.6 is 11.6 Å². The predicted octanol–water partition coefficient (Wildman–Crippen LogP) is 3.33. The second-order valence-corrected chi connectivity index (χ2v) is 7.08. The Morgan fingerprint density at radius 2 is 1.96 bits per heavy atom. The summed E-state index contributed by atoms with van der Waals surface area (Å²) in [6.07, 6.45) is 0.556. The lowest BCUT2D eigenvalue weighted by Gasteiger charge is -2.16. The van der Waals surface area contributed by atoms with E-state index < -0.39 is 6.04 Å². The molecule has 7 nitrogen and oxygen atoms in total. The molecule has 0 fully saturated rings. The molecule has 0 spiro atoms. The number of carbonyl (C=O) groups excluding carboxylic acids is 1. The number of hydrogen-bond acceptors (Lipinski definition) is 5. The number of tetrazole rings is 1. The second kappa shape index (κ2) is 8.84. The Kier molecular flexibility index (Phi) is 6.26. The zero-order valence-corrected chi connectivity index (χ0v) is 16.9. The largest absolute Gasteiger partial charge is 0.378 e. The van der Waals surface area contributed by atoms with Gasteiger partial charge in [-0.2, -0.15) is 4.80 Å². The number of anilines is 1. The van der Waals surface area contributed by atoms with Gasteiger partial charge in [0, 0.05) is 36.9 Å². The van der Waals surface area contributed by atoms with Crippen molar-refractivity contribution in [2.75, 3.05) is 19.0 Å². The molecule has 1 aromatic heterocycles. The fourth-order valence-corrected chi connectivity index (χ4v) is 2.90. The van der Waals surface area contributed by atoms with Crippen molar-refractivity contribution in [3.05, 3.63) is 59.1 Å². The Bertz CT molecular complexity index is 938. The van der Waals surface area contributed by atoms with Crippen molar-refractivity contribution in [3.8, 4) is 11.4 Å². The third-order valence-electron chi connectivity index (χ3n) is 4.39. The number of rotatable bonds is 7. The topological polar surface area (TPSA) is 75.9 Å². The number of halogens is 1. The molecule has 1 amide bonds. The molecule has 1 unspecified atom stereocenters. The highest BCUT2D eigenvalue weighted by Gasteiger charge is 2.21. The highest BCUT2D eigenvalue weighted by molar-refractivity contribution is 6.30. The minimum Gasteiger partial charge on any atom is -0.378 e. The molecule has 146 valence electrons. The Morgan fingerprint density at radius 1 is 1.21 bits per heavy atom. The Labute approximate surface area is 169 Å². The zero-order chi connectivity index (χ0) is 20.1. The van der Waals surface area contributed by atoms with Crippen LogP contribution in [-0.2, 0) is 11.3 Å². The van der Waals surface area contributed by atoms with Crippen LogP contribution in [0.5, 0.6) is 0 Å². The Morgan fingerprint density at radius 3 is 2.64 bits per heavy atom. The highest BCUT2D eigenvalue weighted by Crippen LogP contribution is 2.19. The molecule has 0 aliphatic heterocycles. The quantitative estimate of drug-likeness (QED) is 0.660. The lowest BCUT2D eigenvalue weighted by atomic mass is 10.1. The van der Waals surface area contributed by atoms with E-state index in [1.807, 2.05) is 62.3 Å². The van der Waals surface area contributed by atoms with E-state index in [1.54, 1.807) is 12.1 Å². The summed E-state index contributed by atoms with van der Waals surface area (Å²) in [5.41, 5.74) is 2.92. The molecule has 0 saturated heterocycles. The standard InChI is InChI=1S/C20H23ClN6O/c1-4-18(20(28)22-13-14-6-5-7-17(12-14)26(2)3)27-24-19(23-25-27)15-8-10-16(21)11-9-15/h5-12,18H,4,13H2,1-3H3,(H,22,28). The first kappa shape index (κ1) is 19.8. The molecular weight excluding hydrogens is 376 g/mol. The van der Waals surface area contributed by atoms with Crippen molar-refractivity contribution >= 4 is 23.2 Å². The SMILES string of the molecule is CCC(C(=O)NCc1cccc(N(C)C)c1)n1nnc(-c2ccc(Cl)cc2)n1. The molecule has 0 radical (unpaired) electrons. The molecule has 0 bridgehead atoms. The fourth-order valence-electron chi connectivity index (χ4n) is 2.78. The van der Waals surface area contributed by atoms with Crippen molar-refractivity contribution in [1.82, 2.24) is 25.5 Å². The molecule has 2 aromatic carbocycles. The number of hydrogen-bond donors (Lipinski definition) is 1. The molecule has 1 N–H and O–H groups in total. The summed E-state index contributed by atoms with van der Waals surface area (Å²) < 4.78 is 0. The molecule has 3 rings (SSSR count). The van der Waals surface area contributed by atoms with Gasteiger partial charge in [-0.05, 0) is 53.6 Å². The summed E-state index contributed by atoms with van der Waals surface area (Å²) in [4.78, 5) is 16.1. The molecular formula is C20H23ClN6O. The maximum Gasteiger partial charge on any atom is 0.247 e. The number of carbonyl (C=O) groups is 1. The van der Waals surface area contributed by atoms with Crippen molar-refractivity contribution in [2.24, 2.45) is 0 Å². The predicted molar refractivity (Wildman–Crippen MR) is 110 cm³/mol. The minimum atomic E-state index is -0.523. The van der Waals surface area contributed by atoms with E-state index in [1.165, 1.54) is 4.80 Å². The molecule has 8 heteroatoms. The van der Waals surface area contributed by atoms with Crippen LogP contribution in [0.3, 0.4) is 0 Å². The Hall–Kier alpha value is -2.93. The molecule has 3 aromatic rings. The van der Waals surface area contributed by atoms with Crippen LogP contribution in [0.25, 0.3) is 11.4 Å². The average molecular weight is 399 g/mol. The number of amides is 1. The Balaban J connectivity index is 1.68. The fraction of sp³-hybridized carbons (Fsp3) is 0.300. The van der Waals surface area contributed by atoms with Gasteiger partial charge in [-0.25, -0.2) is 0 Å². The summed E-state index contributed by atoms with van der Waals surface area (Å²) in [5, 5.41) is 16.1. The molecule has 0 aliphatic rings. The smallest absolute Gasteiger partial charge is 0.247 e. The summed E-state index contributed by atoms with van der Waals surface area (Å²) in [7, 11) is 3.97. The second-order valence-electron chi connectivity index (χ2n) is 6.65. The lowest BCUT2D eigenvalue weighted by molar-refractivity contribution is -0.125. The van der Waals surface area contributed by atoms with Gasteiger partial charge in [0.05, 0.1) is 0 Å². The number of aromatic nitrogens is 4. The van der Waals surface area contributed by atoms with Gasteiger partial charge in [0.15, 0.2) is 6.04 Å². The molecule has 28 heavy (non-hydrogen) atoms. The van der Waals surface area contributed by atoms with E-state index >= 15 is 0 Å². The van der Waals surface area contributed by atoms with Gasteiger partial charge >= 0.3 is 0 Å². The van der Waals surface area contributed by atoms with Gasteiger partial charge in [0.1, 0.15) is 0 Å². The molecule has 1 atom stereocenters. The first-order valence-corrected chi connectivity index (χ1v) is 9.45. The molecule has 1 heterocycles. The van der Waals surface area contributed by atoms with E-state index in [2.05, 4.69) is 20.7 Å². The number of nitrogens with one attached hydrogen (secondary N) is 1. The van der Waals surface area contributed by atoms with Crippen molar-refractivity contribution < 1.29 is 4.79 Å². The van der Waals surface area contributed by atoms with Gasteiger partial charge in [-0.1, -0.05) is 30.7 Å². The zero-order valence-electron chi connectivity index (χ0n) is 16.1. The highest BCUT2D eigenvalue weighted by atomic mass is 35.5. The summed E-state index contributed by atoms with van der Waals surface area (Å²) in [6, 6.07) is 14.7. The minimum absolute atomic E-state index is 0.141.